The lowest BCUT2D eigenvalue weighted by Crippen LogP contribution is -2.57. The summed E-state index contributed by atoms with van der Waals surface area (Å²) in [5, 5.41) is 0. The van der Waals surface area contributed by atoms with Crippen molar-refractivity contribution in [2.75, 3.05) is 32.7 Å². The number of nitrogens with zero attached hydrogens (tertiary/aromatic N) is 3. The molecule has 3 aliphatic heterocycles. The zero-order valence-electron chi connectivity index (χ0n) is 8.52. The molecule has 1 unspecified atom stereocenters. The van der Waals surface area contributed by atoms with Crippen LogP contribution in [0.1, 0.15) is 11.9 Å². The first-order valence-electron chi connectivity index (χ1n) is 5.34. The first-order chi connectivity index (χ1) is 7.33. The van der Waals surface area contributed by atoms with Crippen molar-refractivity contribution in [3.8, 4) is 0 Å². The number of rotatable bonds is 1. The normalized spacial score (nSPS) is 34.3. The van der Waals surface area contributed by atoms with Crippen molar-refractivity contribution in [3.63, 3.8) is 0 Å². The lowest BCUT2D eigenvalue weighted by molar-refractivity contribution is 0.00854. The number of piperazine rings is 3. The van der Waals surface area contributed by atoms with E-state index in [1.165, 1.54) is 6.07 Å². The molecule has 4 rings (SSSR count). The minimum atomic E-state index is -0.0577. The van der Waals surface area contributed by atoms with Crippen molar-refractivity contribution < 1.29 is 0 Å². The van der Waals surface area contributed by atoms with Gasteiger partial charge in [-0.3, -0.25) is 14.6 Å². The van der Waals surface area contributed by atoms with Crippen LogP contribution in [0.3, 0.4) is 0 Å². The van der Waals surface area contributed by atoms with Crippen molar-refractivity contribution in [3.05, 3.63) is 28.4 Å². The number of H-pyrrole nitrogens is 1. The zero-order chi connectivity index (χ0) is 10.3. The maximum Gasteiger partial charge on any atom is 0.250 e. The summed E-state index contributed by atoms with van der Waals surface area (Å²) in [5.41, 5.74) is -0.0577. The fourth-order valence-electron chi connectivity index (χ4n) is 2.43. The highest BCUT2D eigenvalue weighted by Gasteiger charge is 2.33. The fourth-order valence-corrected chi connectivity index (χ4v) is 2.43. The molecule has 3 saturated heterocycles. The highest BCUT2D eigenvalue weighted by atomic mass is 16.1. The molecule has 5 heteroatoms. The van der Waals surface area contributed by atoms with E-state index >= 15 is 0 Å². The molecule has 3 fully saturated rings. The van der Waals surface area contributed by atoms with Gasteiger partial charge in [-0.1, -0.05) is 0 Å². The number of aromatic amines is 1. The summed E-state index contributed by atoms with van der Waals surface area (Å²) in [6.07, 6.45) is 1.59. The van der Waals surface area contributed by atoms with Gasteiger partial charge in [-0.25, -0.2) is 4.98 Å². The minimum Gasteiger partial charge on any atom is -0.309 e. The third kappa shape index (κ3) is 1.57. The van der Waals surface area contributed by atoms with Gasteiger partial charge in [-0.15, -0.1) is 0 Å². The Morgan fingerprint density at radius 3 is 2.73 bits per heavy atom. The van der Waals surface area contributed by atoms with Gasteiger partial charge in [0, 0.05) is 45.0 Å². The second-order valence-electron chi connectivity index (χ2n) is 4.17. The predicted octanol–water partition coefficient (Wildman–Crippen LogP) is -0.558. The van der Waals surface area contributed by atoms with E-state index in [-0.39, 0.29) is 11.6 Å². The number of hydrogen-bond donors (Lipinski definition) is 1. The Kier molecular flexibility index (Phi) is 2.07. The average Bonchev–Trinajstić information content (AvgIpc) is 2.30. The minimum absolute atomic E-state index is 0.0577. The van der Waals surface area contributed by atoms with E-state index in [1.807, 2.05) is 0 Å². The van der Waals surface area contributed by atoms with Gasteiger partial charge in [0.05, 0.1) is 6.04 Å². The Bertz CT molecular complexity index is 408. The van der Waals surface area contributed by atoms with Crippen molar-refractivity contribution in [1.29, 1.82) is 0 Å². The molecular formula is C10H14N4O. The standard InChI is InChI=1S/C10H14N4O/c15-9-1-2-11-10(12-9)8-7-13-3-5-14(8)6-4-13/h1-2,8H,3-7H2,(H,11,12,15). The van der Waals surface area contributed by atoms with Crippen LogP contribution in [0.25, 0.3) is 0 Å². The molecule has 1 aromatic heterocycles. The summed E-state index contributed by atoms with van der Waals surface area (Å²) >= 11 is 0. The average molecular weight is 206 g/mol. The van der Waals surface area contributed by atoms with E-state index in [4.69, 9.17) is 0 Å². The van der Waals surface area contributed by atoms with E-state index in [2.05, 4.69) is 19.8 Å². The first kappa shape index (κ1) is 9.06. The van der Waals surface area contributed by atoms with Gasteiger partial charge < -0.3 is 4.98 Å². The molecule has 0 saturated carbocycles. The molecule has 0 spiro atoms. The molecule has 1 aromatic rings. The van der Waals surface area contributed by atoms with Crippen LogP contribution in [0, 0.1) is 0 Å². The summed E-state index contributed by atoms with van der Waals surface area (Å²) in [5.74, 6) is 0.812. The van der Waals surface area contributed by atoms with E-state index in [9.17, 15) is 4.79 Å². The smallest absolute Gasteiger partial charge is 0.250 e. The molecular weight excluding hydrogens is 192 g/mol. The number of aromatic nitrogens is 2. The molecule has 2 bridgehead atoms. The van der Waals surface area contributed by atoms with Crippen molar-refractivity contribution in [2.45, 2.75) is 6.04 Å². The van der Waals surface area contributed by atoms with Gasteiger partial charge in [0.2, 0.25) is 0 Å². The van der Waals surface area contributed by atoms with Crippen LogP contribution in [0.5, 0.6) is 0 Å². The highest BCUT2D eigenvalue weighted by molar-refractivity contribution is 5.02. The third-order valence-electron chi connectivity index (χ3n) is 3.29. The van der Waals surface area contributed by atoms with Gasteiger partial charge >= 0.3 is 0 Å². The largest absolute Gasteiger partial charge is 0.309 e. The number of nitrogens with one attached hydrogen (secondary N) is 1. The van der Waals surface area contributed by atoms with Crippen LogP contribution in [0.2, 0.25) is 0 Å². The van der Waals surface area contributed by atoms with Gasteiger partial charge in [-0.2, -0.15) is 0 Å². The fraction of sp³-hybridized carbons (Fsp3) is 0.600. The Labute approximate surface area is 87.7 Å². The lowest BCUT2D eigenvalue weighted by Gasteiger charge is -2.46. The van der Waals surface area contributed by atoms with Gasteiger partial charge in [0.25, 0.3) is 5.56 Å². The summed E-state index contributed by atoms with van der Waals surface area (Å²) in [6.45, 7) is 5.46. The molecule has 1 atom stereocenters. The Morgan fingerprint density at radius 1 is 1.33 bits per heavy atom. The maximum atomic E-state index is 11.2. The van der Waals surface area contributed by atoms with E-state index in [0.29, 0.717) is 0 Å². The SMILES string of the molecule is O=c1ccnc(C2CN3CCN2CC3)[nH]1. The van der Waals surface area contributed by atoms with Crippen molar-refractivity contribution in [1.82, 2.24) is 19.8 Å². The van der Waals surface area contributed by atoms with Crippen molar-refractivity contribution >= 4 is 0 Å². The molecule has 1 N–H and O–H groups in total. The first-order valence-corrected chi connectivity index (χ1v) is 5.34. The molecule has 4 heterocycles. The summed E-state index contributed by atoms with van der Waals surface area (Å²) < 4.78 is 0. The summed E-state index contributed by atoms with van der Waals surface area (Å²) in [6, 6.07) is 1.74. The molecule has 0 aliphatic carbocycles. The topological polar surface area (TPSA) is 52.2 Å². The molecule has 0 radical (unpaired) electrons. The van der Waals surface area contributed by atoms with E-state index < -0.39 is 0 Å². The van der Waals surface area contributed by atoms with E-state index in [1.54, 1.807) is 6.20 Å². The van der Waals surface area contributed by atoms with Crippen molar-refractivity contribution in [2.24, 2.45) is 0 Å². The zero-order valence-corrected chi connectivity index (χ0v) is 8.52. The molecule has 15 heavy (non-hydrogen) atoms. The molecule has 80 valence electrons. The molecule has 0 aromatic carbocycles. The highest BCUT2D eigenvalue weighted by Crippen LogP contribution is 2.25. The Morgan fingerprint density at radius 2 is 2.13 bits per heavy atom. The van der Waals surface area contributed by atoms with Crippen LogP contribution in [-0.2, 0) is 0 Å². The quantitative estimate of drug-likeness (QED) is 0.669. The monoisotopic (exact) mass is 206 g/mol. The van der Waals surface area contributed by atoms with Gasteiger partial charge in [0.15, 0.2) is 0 Å². The second kappa shape index (κ2) is 3.43. The number of hydrogen-bond acceptors (Lipinski definition) is 4. The van der Waals surface area contributed by atoms with Crippen LogP contribution < -0.4 is 5.56 Å². The predicted molar refractivity (Wildman–Crippen MR) is 55.6 cm³/mol. The van der Waals surface area contributed by atoms with Gasteiger partial charge in [-0.05, 0) is 0 Å². The molecule has 0 amide bonds. The second-order valence-corrected chi connectivity index (χ2v) is 4.17. The van der Waals surface area contributed by atoms with Crippen LogP contribution >= 0.6 is 0 Å². The van der Waals surface area contributed by atoms with Gasteiger partial charge in [0.1, 0.15) is 5.82 Å². The summed E-state index contributed by atoms with van der Waals surface area (Å²) in [4.78, 5) is 23.1. The third-order valence-corrected chi connectivity index (χ3v) is 3.29. The Balaban J connectivity index is 1.91. The summed E-state index contributed by atoms with van der Waals surface area (Å²) in [7, 11) is 0. The van der Waals surface area contributed by atoms with Crippen LogP contribution in [0.4, 0.5) is 0 Å². The Hall–Kier alpha value is -1.20. The number of fused-ring (bicyclic) bond motifs is 3. The lowest BCUT2D eigenvalue weighted by atomic mass is 10.1. The van der Waals surface area contributed by atoms with Crippen LogP contribution in [-0.4, -0.2) is 52.5 Å². The van der Waals surface area contributed by atoms with E-state index in [0.717, 1.165) is 38.5 Å². The van der Waals surface area contributed by atoms with Crippen LogP contribution in [0.15, 0.2) is 17.1 Å². The molecule has 5 nitrogen and oxygen atoms in total. The molecule has 3 aliphatic rings. The maximum absolute atomic E-state index is 11.2.